The second-order valence-corrected chi connectivity index (χ2v) is 10.00. The summed E-state index contributed by atoms with van der Waals surface area (Å²) >= 11 is 1.23. The molecule has 0 bridgehead atoms. The van der Waals surface area contributed by atoms with Crippen LogP contribution in [0.5, 0.6) is 0 Å². The Morgan fingerprint density at radius 1 is 1.24 bits per heavy atom. The van der Waals surface area contributed by atoms with Crippen LogP contribution in [0.25, 0.3) is 0 Å². The standard InChI is InChI=1S/C15H27NO3S2/c1-14(2,3)12-19-10-7-9-15(4,5)16-21(17,18)13-8-6-11-20-13/h6,8,11,16H,7,9-10,12H2,1-5H3. The highest BCUT2D eigenvalue weighted by molar-refractivity contribution is 7.91. The fraction of sp³-hybridized carbons (Fsp3) is 0.733. The largest absolute Gasteiger partial charge is 0.381 e. The molecule has 0 unspecified atom stereocenters. The minimum Gasteiger partial charge on any atom is -0.381 e. The Hall–Kier alpha value is -0.430. The molecule has 122 valence electrons. The summed E-state index contributed by atoms with van der Waals surface area (Å²) in [6.07, 6.45) is 1.57. The van der Waals surface area contributed by atoms with Gasteiger partial charge >= 0.3 is 0 Å². The molecule has 1 rings (SSSR count). The molecule has 0 aliphatic rings. The number of sulfonamides is 1. The summed E-state index contributed by atoms with van der Waals surface area (Å²) in [5, 5.41) is 1.77. The molecule has 0 fully saturated rings. The zero-order chi connectivity index (χ0) is 16.1. The van der Waals surface area contributed by atoms with Crippen LogP contribution < -0.4 is 4.72 Å². The molecule has 1 heterocycles. The second kappa shape index (κ2) is 7.22. The zero-order valence-corrected chi connectivity index (χ0v) is 15.2. The number of rotatable bonds is 8. The molecule has 0 aliphatic heterocycles. The van der Waals surface area contributed by atoms with Crippen LogP contribution in [0.3, 0.4) is 0 Å². The van der Waals surface area contributed by atoms with Gasteiger partial charge in [-0.2, -0.15) is 0 Å². The number of hydrogen-bond donors (Lipinski definition) is 1. The molecule has 0 saturated heterocycles. The van der Waals surface area contributed by atoms with Crippen molar-refractivity contribution in [1.29, 1.82) is 0 Å². The molecule has 1 aromatic rings. The van der Waals surface area contributed by atoms with Gasteiger partial charge < -0.3 is 4.74 Å². The van der Waals surface area contributed by atoms with Crippen molar-refractivity contribution in [2.45, 2.75) is 57.2 Å². The van der Waals surface area contributed by atoms with Crippen LogP contribution in [0.1, 0.15) is 47.5 Å². The number of thiophene rings is 1. The molecule has 0 aliphatic carbocycles. The van der Waals surface area contributed by atoms with Crippen LogP contribution in [0, 0.1) is 5.41 Å². The Kier molecular flexibility index (Phi) is 6.40. The summed E-state index contributed by atoms with van der Waals surface area (Å²) in [7, 11) is -3.41. The highest BCUT2D eigenvalue weighted by Crippen LogP contribution is 2.21. The van der Waals surface area contributed by atoms with Crippen molar-refractivity contribution in [2.24, 2.45) is 5.41 Å². The van der Waals surface area contributed by atoms with E-state index < -0.39 is 15.6 Å². The Labute approximate surface area is 133 Å². The highest BCUT2D eigenvalue weighted by Gasteiger charge is 2.26. The monoisotopic (exact) mass is 333 g/mol. The molecule has 4 nitrogen and oxygen atoms in total. The molecule has 21 heavy (non-hydrogen) atoms. The summed E-state index contributed by atoms with van der Waals surface area (Å²) in [4.78, 5) is 0. The third kappa shape index (κ3) is 7.40. The van der Waals surface area contributed by atoms with Gasteiger partial charge in [-0.3, -0.25) is 0 Å². The highest BCUT2D eigenvalue weighted by atomic mass is 32.2. The molecule has 1 N–H and O–H groups in total. The van der Waals surface area contributed by atoms with Crippen molar-refractivity contribution < 1.29 is 13.2 Å². The quantitative estimate of drug-likeness (QED) is 0.739. The van der Waals surface area contributed by atoms with Crippen molar-refractivity contribution in [3.8, 4) is 0 Å². The third-order valence-corrected chi connectivity index (χ3v) is 5.89. The fourth-order valence-corrected chi connectivity index (χ4v) is 4.31. The van der Waals surface area contributed by atoms with E-state index in [1.54, 1.807) is 17.5 Å². The lowest BCUT2D eigenvalue weighted by molar-refractivity contribution is 0.0664. The molecular weight excluding hydrogens is 306 g/mol. The molecule has 1 aromatic heterocycles. The first-order chi connectivity index (χ1) is 9.52. The van der Waals surface area contributed by atoms with Crippen LogP contribution >= 0.6 is 11.3 Å². The van der Waals surface area contributed by atoms with Gasteiger partial charge in [-0.05, 0) is 43.6 Å². The Morgan fingerprint density at radius 3 is 2.43 bits per heavy atom. The van der Waals surface area contributed by atoms with Crippen molar-refractivity contribution >= 4 is 21.4 Å². The van der Waals surface area contributed by atoms with Gasteiger partial charge in [-0.15, -0.1) is 11.3 Å². The number of hydrogen-bond acceptors (Lipinski definition) is 4. The average Bonchev–Trinajstić information content (AvgIpc) is 2.78. The van der Waals surface area contributed by atoms with Gasteiger partial charge in [0.1, 0.15) is 4.21 Å². The summed E-state index contributed by atoms with van der Waals surface area (Å²) < 4.78 is 33.1. The fourth-order valence-electron chi connectivity index (χ4n) is 1.88. The number of ether oxygens (including phenoxy) is 1. The molecule has 0 amide bonds. The van der Waals surface area contributed by atoms with E-state index in [1.807, 2.05) is 13.8 Å². The van der Waals surface area contributed by atoms with Gasteiger partial charge in [0.15, 0.2) is 0 Å². The van der Waals surface area contributed by atoms with Gasteiger partial charge in [0.2, 0.25) is 0 Å². The molecular formula is C15H27NO3S2. The van der Waals surface area contributed by atoms with Crippen LogP contribution in [0.2, 0.25) is 0 Å². The summed E-state index contributed by atoms with van der Waals surface area (Å²) in [5.41, 5.74) is -0.315. The van der Waals surface area contributed by atoms with Crippen LogP contribution in [0.15, 0.2) is 21.7 Å². The molecule has 0 aromatic carbocycles. The number of nitrogens with one attached hydrogen (secondary N) is 1. The lowest BCUT2D eigenvalue weighted by atomic mass is 9.98. The molecule has 0 radical (unpaired) electrons. The average molecular weight is 334 g/mol. The van der Waals surface area contributed by atoms with E-state index >= 15 is 0 Å². The smallest absolute Gasteiger partial charge is 0.250 e. The van der Waals surface area contributed by atoms with Crippen molar-refractivity contribution in [3.63, 3.8) is 0 Å². The predicted octanol–water partition coefficient (Wildman–Crippen LogP) is 3.65. The SMILES string of the molecule is CC(C)(C)COCCCC(C)(C)NS(=O)(=O)c1cccs1. The summed E-state index contributed by atoms with van der Waals surface area (Å²) in [5.74, 6) is 0. The molecule has 6 heteroatoms. The molecule has 0 saturated carbocycles. The van der Waals surface area contributed by atoms with Crippen LogP contribution in [0.4, 0.5) is 0 Å². The Balaban J connectivity index is 2.40. The Morgan fingerprint density at radius 2 is 1.90 bits per heavy atom. The van der Waals surface area contributed by atoms with E-state index in [-0.39, 0.29) is 5.41 Å². The maximum Gasteiger partial charge on any atom is 0.250 e. The summed E-state index contributed by atoms with van der Waals surface area (Å²) in [6.45, 7) is 11.6. The van der Waals surface area contributed by atoms with E-state index in [4.69, 9.17) is 4.74 Å². The lowest BCUT2D eigenvalue weighted by Gasteiger charge is -2.26. The lowest BCUT2D eigenvalue weighted by Crippen LogP contribution is -2.43. The van der Waals surface area contributed by atoms with E-state index in [9.17, 15) is 8.42 Å². The normalized spacial score (nSPS) is 13.6. The van der Waals surface area contributed by atoms with Gasteiger partial charge in [0, 0.05) is 12.1 Å². The molecule has 0 atom stereocenters. The first kappa shape index (κ1) is 18.6. The topological polar surface area (TPSA) is 55.4 Å². The minimum absolute atomic E-state index is 0.163. The van der Waals surface area contributed by atoms with Gasteiger partial charge in [-0.25, -0.2) is 13.1 Å². The van der Waals surface area contributed by atoms with E-state index in [0.717, 1.165) is 12.8 Å². The van der Waals surface area contributed by atoms with Crippen molar-refractivity contribution in [3.05, 3.63) is 17.5 Å². The van der Waals surface area contributed by atoms with Gasteiger partial charge in [0.05, 0.1) is 6.61 Å². The zero-order valence-electron chi connectivity index (χ0n) is 13.6. The maximum atomic E-state index is 12.2. The van der Waals surface area contributed by atoms with Crippen LogP contribution in [-0.2, 0) is 14.8 Å². The van der Waals surface area contributed by atoms with E-state index in [2.05, 4.69) is 25.5 Å². The van der Waals surface area contributed by atoms with Crippen molar-refractivity contribution in [2.75, 3.05) is 13.2 Å². The first-order valence-electron chi connectivity index (χ1n) is 7.17. The van der Waals surface area contributed by atoms with Crippen LogP contribution in [-0.4, -0.2) is 27.2 Å². The molecule has 0 spiro atoms. The second-order valence-electron chi connectivity index (χ2n) is 7.14. The van der Waals surface area contributed by atoms with Gasteiger partial charge in [-0.1, -0.05) is 26.8 Å². The maximum absolute atomic E-state index is 12.2. The first-order valence-corrected chi connectivity index (χ1v) is 9.53. The summed E-state index contributed by atoms with van der Waals surface area (Å²) in [6, 6.07) is 3.36. The van der Waals surface area contributed by atoms with Crippen molar-refractivity contribution in [1.82, 2.24) is 4.72 Å². The minimum atomic E-state index is -3.41. The van der Waals surface area contributed by atoms with E-state index in [1.165, 1.54) is 11.3 Å². The third-order valence-electron chi connectivity index (χ3n) is 2.80. The Bertz CT molecular complexity index is 514. The van der Waals surface area contributed by atoms with Gasteiger partial charge in [0.25, 0.3) is 10.0 Å². The predicted molar refractivity (Wildman–Crippen MR) is 88.2 cm³/mol. The van der Waals surface area contributed by atoms with E-state index in [0.29, 0.717) is 17.4 Å².